The van der Waals surface area contributed by atoms with Gasteiger partial charge >= 0.3 is 0 Å². The minimum Gasteiger partial charge on any atom is -0.484 e. The van der Waals surface area contributed by atoms with Gasteiger partial charge in [-0.05, 0) is 24.1 Å². The van der Waals surface area contributed by atoms with E-state index in [1.807, 2.05) is 24.3 Å². The molecule has 1 aromatic carbocycles. The molecule has 2 rings (SSSR count). The Hall–Kier alpha value is -1.88. The van der Waals surface area contributed by atoms with Gasteiger partial charge in [0, 0.05) is 11.6 Å². The summed E-state index contributed by atoms with van der Waals surface area (Å²) >= 11 is 1.38. The summed E-state index contributed by atoms with van der Waals surface area (Å²) in [5, 5.41) is 5.05. The van der Waals surface area contributed by atoms with Gasteiger partial charge in [-0.2, -0.15) is 0 Å². The maximum atomic E-state index is 11.5. The number of carbonyl (C=O) groups excluding carboxylic acids is 1. The lowest BCUT2D eigenvalue weighted by molar-refractivity contribution is -0.118. The van der Waals surface area contributed by atoms with Crippen molar-refractivity contribution in [2.24, 2.45) is 0 Å². The molecule has 0 radical (unpaired) electrons. The van der Waals surface area contributed by atoms with Crippen LogP contribution in [0.15, 0.2) is 35.8 Å². The third-order valence-corrected chi connectivity index (χ3v) is 3.07. The van der Waals surface area contributed by atoms with Crippen LogP contribution >= 0.6 is 11.3 Å². The molecular formula is C13H14N2O2S. The number of ether oxygens (including phenoxy) is 1. The van der Waals surface area contributed by atoms with E-state index < -0.39 is 0 Å². The van der Waals surface area contributed by atoms with Crippen molar-refractivity contribution >= 4 is 22.4 Å². The number of hydrogen-bond acceptors (Lipinski definition) is 4. The van der Waals surface area contributed by atoms with E-state index in [1.54, 1.807) is 11.6 Å². The summed E-state index contributed by atoms with van der Waals surface area (Å²) in [5.74, 6) is 0.492. The molecule has 0 saturated heterocycles. The Labute approximate surface area is 110 Å². The van der Waals surface area contributed by atoms with Crippen LogP contribution in [-0.4, -0.2) is 17.5 Å². The molecule has 94 valence electrons. The number of anilines is 1. The first kappa shape index (κ1) is 12.6. The molecule has 0 aliphatic carbocycles. The van der Waals surface area contributed by atoms with Crippen LogP contribution < -0.4 is 10.1 Å². The first-order valence-electron chi connectivity index (χ1n) is 5.69. The van der Waals surface area contributed by atoms with Crippen LogP contribution in [-0.2, 0) is 11.2 Å². The second kappa shape index (κ2) is 6.16. The Morgan fingerprint density at radius 2 is 2.17 bits per heavy atom. The Morgan fingerprint density at radius 1 is 1.39 bits per heavy atom. The fraction of sp³-hybridized carbons (Fsp3) is 0.231. The van der Waals surface area contributed by atoms with Crippen LogP contribution in [0.1, 0.15) is 12.5 Å². The van der Waals surface area contributed by atoms with E-state index in [1.165, 1.54) is 16.9 Å². The standard InChI is InChI=1S/C13H14N2O2S/c1-2-10-3-5-11(6-4-10)17-9-12(16)15-13-14-7-8-18-13/h3-8H,2,9H2,1H3,(H,14,15,16). The minimum atomic E-state index is -0.204. The summed E-state index contributed by atoms with van der Waals surface area (Å²) in [6, 6.07) is 7.73. The van der Waals surface area contributed by atoms with E-state index in [-0.39, 0.29) is 12.5 Å². The second-order valence-corrected chi connectivity index (χ2v) is 4.57. The zero-order valence-electron chi connectivity index (χ0n) is 10.1. The molecule has 1 N–H and O–H groups in total. The van der Waals surface area contributed by atoms with E-state index in [2.05, 4.69) is 17.2 Å². The van der Waals surface area contributed by atoms with Crippen LogP contribution in [0.2, 0.25) is 0 Å². The van der Waals surface area contributed by atoms with Gasteiger partial charge < -0.3 is 4.74 Å². The molecule has 0 spiro atoms. The highest BCUT2D eigenvalue weighted by Crippen LogP contribution is 2.13. The van der Waals surface area contributed by atoms with E-state index in [0.717, 1.165) is 6.42 Å². The molecule has 0 atom stereocenters. The predicted octanol–water partition coefficient (Wildman–Crippen LogP) is 2.72. The number of amides is 1. The quantitative estimate of drug-likeness (QED) is 0.901. The van der Waals surface area contributed by atoms with Gasteiger partial charge in [-0.1, -0.05) is 19.1 Å². The summed E-state index contributed by atoms with van der Waals surface area (Å²) in [7, 11) is 0. The molecule has 1 amide bonds. The molecule has 0 aliphatic rings. The summed E-state index contributed by atoms with van der Waals surface area (Å²) in [5.41, 5.74) is 1.24. The zero-order chi connectivity index (χ0) is 12.8. The summed E-state index contributed by atoms with van der Waals surface area (Å²) in [6.45, 7) is 2.09. The van der Waals surface area contributed by atoms with Crippen molar-refractivity contribution in [3.63, 3.8) is 0 Å². The lowest BCUT2D eigenvalue weighted by Crippen LogP contribution is -2.19. The molecule has 2 aromatic rings. The fourth-order valence-electron chi connectivity index (χ4n) is 1.41. The molecular weight excluding hydrogens is 248 g/mol. The lowest BCUT2D eigenvalue weighted by Gasteiger charge is -2.06. The second-order valence-electron chi connectivity index (χ2n) is 3.67. The van der Waals surface area contributed by atoms with Gasteiger partial charge in [-0.25, -0.2) is 4.98 Å². The number of nitrogens with zero attached hydrogens (tertiary/aromatic N) is 1. The van der Waals surface area contributed by atoms with Crippen molar-refractivity contribution in [1.82, 2.24) is 4.98 Å². The van der Waals surface area contributed by atoms with E-state index >= 15 is 0 Å². The monoisotopic (exact) mass is 262 g/mol. The van der Waals surface area contributed by atoms with Crippen LogP contribution in [0.3, 0.4) is 0 Å². The molecule has 0 bridgehead atoms. The van der Waals surface area contributed by atoms with Gasteiger partial charge in [0.1, 0.15) is 5.75 Å². The SMILES string of the molecule is CCc1ccc(OCC(=O)Nc2nccs2)cc1. The minimum absolute atomic E-state index is 0.00888. The average Bonchev–Trinajstić information content (AvgIpc) is 2.90. The first-order chi connectivity index (χ1) is 8.78. The zero-order valence-corrected chi connectivity index (χ0v) is 10.9. The Bertz CT molecular complexity index is 494. The first-order valence-corrected chi connectivity index (χ1v) is 6.57. The molecule has 0 unspecified atom stereocenters. The molecule has 1 aromatic heterocycles. The van der Waals surface area contributed by atoms with Crippen molar-refractivity contribution in [3.05, 3.63) is 41.4 Å². The van der Waals surface area contributed by atoms with Gasteiger partial charge in [0.15, 0.2) is 11.7 Å². The molecule has 5 heteroatoms. The maximum Gasteiger partial charge on any atom is 0.264 e. The largest absolute Gasteiger partial charge is 0.484 e. The summed E-state index contributed by atoms with van der Waals surface area (Å²) in [6.07, 6.45) is 2.63. The number of aromatic nitrogens is 1. The van der Waals surface area contributed by atoms with Gasteiger partial charge in [0.05, 0.1) is 0 Å². The predicted molar refractivity (Wildman–Crippen MR) is 72.1 cm³/mol. The van der Waals surface area contributed by atoms with Gasteiger partial charge in [-0.15, -0.1) is 11.3 Å². The Morgan fingerprint density at radius 3 is 2.78 bits per heavy atom. The number of carbonyl (C=O) groups is 1. The summed E-state index contributed by atoms with van der Waals surface area (Å²) < 4.78 is 5.38. The molecule has 18 heavy (non-hydrogen) atoms. The smallest absolute Gasteiger partial charge is 0.264 e. The molecule has 0 saturated carbocycles. The van der Waals surface area contributed by atoms with Gasteiger partial charge in [0.2, 0.25) is 0 Å². The average molecular weight is 262 g/mol. The van der Waals surface area contributed by atoms with Gasteiger partial charge in [-0.3, -0.25) is 10.1 Å². The van der Waals surface area contributed by atoms with Crippen molar-refractivity contribution in [2.45, 2.75) is 13.3 Å². The number of rotatable bonds is 5. The Kier molecular flexibility index (Phi) is 4.30. The van der Waals surface area contributed by atoms with Crippen LogP contribution in [0, 0.1) is 0 Å². The molecule has 1 heterocycles. The third-order valence-electron chi connectivity index (χ3n) is 2.38. The van der Waals surface area contributed by atoms with E-state index in [9.17, 15) is 4.79 Å². The van der Waals surface area contributed by atoms with Crippen LogP contribution in [0.5, 0.6) is 5.75 Å². The number of nitrogens with one attached hydrogen (secondary N) is 1. The number of thiazole rings is 1. The normalized spacial score (nSPS) is 10.1. The topological polar surface area (TPSA) is 51.2 Å². The van der Waals surface area contributed by atoms with Crippen molar-refractivity contribution < 1.29 is 9.53 Å². The molecule has 4 nitrogen and oxygen atoms in total. The van der Waals surface area contributed by atoms with Crippen LogP contribution in [0.25, 0.3) is 0 Å². The number of benzene rings is 1. The fourth-order valence-corrected chi connectivity index (χ4v) is 1.96. The van der Waals surface area contributed by atoms with Gasteiger partial charge in [0.25, 0.3) is 5.91 Å². The van der Waals surface area contributed by atoms with Crippen molar-refractivity contribution in [3.8, 4) is 5.75 Å². The summed E-state index contributed by atoms with van der Waals surface area (Å²) in [4.78, 5) is 15.5. The molecule has 0 aliphatic heterocycles. The number of aryl methyl sites for hydroxylation is 1. The number of hydrogen-bond donors (Lipinski definition) is 1. The lowest BCUT2D eigenvalue weighted by atomic mass is 10.2. The Balaban J connectivity index is 1.81. The van der Waals surface area contributed by atoms with E-state index in [0.29, 0.717) is 10.9 Å². The highest BCUT2D eigenvalue weighted by Gasteiger charge is 2.04. The van der Waals surface area contributed by atoms with Crippen molar-refractivity contribution in [2.75, 3.05) is 11.9 Å². The highest BCUT2D eigenvalue weighted by atomic mass is 32.1. The highest BCUT2D eigenvalue weighted by molar-refractivity contribution is 7.13. The third kappa shape index (κ3) is 3.56. The maximum absolute atomic E-state index is 11.5. The van der Waals surface area contributed by atoms with E-state index in [4.69, 9.17) is 4.74 Å². The van der Waals surface area contributed by atoms with Crippen molar-refractivity contribution in [1.29, 1.82) is 0 Å². The molecule has 0 fully saturated rings. The van der Waals surface area contributed by atoms with Crippen LogP contribution in [0.4, 0.5) is 5.13 Å².